The normalized spacial score (nSPS) is 11.5. The van der Waals surface area contributed by atoms with E-state index in [2.05, 4.69) is 13.8 Å². The molecule has 4 nitrogen and oxygen atoms in total. The number of hydrogen-bond donors (Lipinski definition) is 1. The molecule has 6 heteroatoms. The van der Waals surface area contributed by atoms with E-state index in [0.29, 0.717) is 13.2 Å². The summed E-state index contributed by atoms with van der Waals surface area (Å²) in [6.07, 6.45) is 19.1. The molecular weight excluding hydrogens is 479 g/mol. The van der Waals surface area contributed by atoms with Gasteiger partial charge in [-0.2, -0.15) is 0 Å². The molecule has 0 aliphatic carbocycles. The van der Waals surface area contributed by atoms with Crippen molar-refractivity contribution < 1.29 is 59.3 Å². The van der Waals surface area contributed by atoms with Gasteiger partial charge in [-0.1, -0.05) is 104 Å². The first-order valence-corrected chi connectivity index (χ1v) is 12.2. The first-order valence-electron chi connectivity index (χ1n) is 10.7. The Balaban J connectivity index is 0. The first kappa shape index (κ1) is 29.7. The zero-order valence-electron chi connectivity index (χ0n) is 17.3. The number of rotatable bonds is 20. The Morgan fingerprint density at radius 3 is 1.15 bits per heavy atom. The van der Waals surface area contributed by atoms with Crippen LogP contribution in [0.4, 0.5) is 0 Å². The van der Waals surface area contributed by atoms with Crippen LogP contribution in [-0.4, -0.2) is 18.1 Å². The number of hydrogen-bond acceptors (Lipinski definition) is 3. The van der Waals surface area contributed by atoms with Crippen LogP contribution in [0.15, 0.2) is 0 Å². The molecule has 0 radical (unpaired) electrons. The monoisotopic (exact) mass is 520 g/mol. The van der Waals surface area contributed by atoms with Gasteiger partial charge in [-0.25, -0.2) is 4.57 Å². The summed E-state index contributed by atoms with van der Waals surface area (Å²) in [6, 6.07) is 0. The van der Waals surface area contributed by atoms with Gasteiger partial charge in [-0.05, 0) is 12.8 Å². The van der Waals surface area contributed by atoms with E-state index >= 15 is 0 Å². The average molecular weight is 523 g/mol. The molecule has 0 spiro atoms. The van der Waals surface area contributed by atoms with E-state index in [1.807, 2.05) is 0 Å². The predicted octanol–water partition coefficient (Wildman–Crippen LogP) is 7.40. The summed E-state index contributed by atoms with van der Waals surface area (Å²) in [6.45, 7) is 5.09. The van der Waals surface area contributed by atoms with Crippen LogP contribution in [0.5, 0.6) is 0 Å². The summed E-state index contributed by atoms with van der Waals surface area (Å²) in [5.74, 6) is 0. The maximum absolute atomic E-state index is 11.7. The van der Waals surface area contributed by atoms with E-state index in [1.54, 1.807) is 0 Å². The minimum Gasteiger partial charge on any atom is -0.302 e. The van der Waals surface area contributed by atoms with Gasteiger partial charge in [0, 0.05) is 40.8 Å². The third-order valence-electron chi connectivity index (χ3n) is 4.50. The fraction of sp³-hybridized carbons (Fsp3) is 1.00. The van der Waals surface area contributed by atoms with Crippen molar-refractivity contribution in [2.24, 2.45) is 0 Å². The van der Waals surface area contributed by atoms with Crippen molar-refractivity contribution in [3.63, 3.8) is 0 Å². The number of phosphoric ester groups is 1. The summed E-state index contributed by atoms with van der Waals surface area (Å²) in [5, 5.41) is 0. The van der Waals surface area contributed by atoms with Gasteiger partial charge < -0.3 is 4.89 Å². The Hall–Kier alpha value is 1.46. The molecule has 0 unspecified atom stereocenters. The standard InChI is InChI=1S/C20H43O4P.Nd/c1-3-5-7-9-11-13-15-17-19-23-25(21,22)24-20-18-16-14-12-10-8-6-4-2;/h3-20H2,1-2H3,(H,21,22);. The molecule has 0 aliphatic heterocycles. The predicted molar refractivity (Wildman–Crippen MR) is 107 cm³/mol. The van der Waals surface area contributed by atoms with Gasteiger partial charge in [0.05, 0.1) is 13.2 Å². The fourth-order valence-electron chi connectivity index (χ4n) is 2.87. The topological polar surface area (TPSA) is 55.8 Å². The van der Waals surface area contributed by atoms with Crippen LogP contribution < -0.4 is 0 Å². The van der Waals surface area contributed by atoms with Crippen LogP contribution >= 0.6 is 7.82 Å². The molecule has 0 saturated carbocycles. The second-order valence-electron chi connectivity index (χ2n) is 7.08. The molecule has 0 aromatic rings. The Kier molecular flexibility index (Phi) is 25.9. The first-order chi connectivity index (χ1) is 12.1. The second kappa shape index (κ2) is 22.7. The average Bonchev–Trinajstić information content (AvgIpc) is 2.59. The molecule has 0 atom stereocenters. The SMILES string of the molecule is CCCCCCCCCCOP(=O)(O)OCCCCCCCCCC.[Nd]. The van der Waals surface area contributed by atoms with Crippen molar-refractivity contribution in [1.82, 2.24) is 0 Å². The molecule has 0 fully saturated rings. The molecule has 156 valence electrons. The summed E-state index contributed by atoms with van der Waals surface area (Å²) in [5.41, 5.74) is 0. The molecule has 0 heterocycles. The fourth-order valence-corrected chi connectivity index (χ4v) is 3.66. The van der Waals surface area contributed by atoms with Crippen LogP contribution in [0.3, 0.4) is 0 Å². The van der Waals surface area contributed by atoms with E-state index in [1.165, 1.54) is 77.0 Å². The number of phosphoric acid groups is 1. The van der Waals surface area contributed by atoms with Gasteiger partial charge in [0.2, 0.25) is 0 Å². The van der Waals surface area contributed by atoms with Crippen molar-refractivity contribution in [3.8, 4) is 0 Å². The molecule has 0 rings (SSSR count). The third kappa shape index (κ3) is 23.5. The van der Waals surface area contributed by atoms with E-state index in [-0.39, 0.29) is 40.8 Å². The van der Waals surface area contributed by atoms with Crippen molar-refractivity contribution in [2.45, 2.75) is 117 Å². The largest absolute Gasteiger partial charge is 0.472 e. The van der Waals surface area contributed by atoms with Crippen molar-refractivity contribution in [1.29, 1.82) is 0 Å². The second-order valence-corrected chi connectivity index (χ2v) is 8.54. The Bertz CT molecular complexity index is 290. The van der Waals surface area contributed by atoms with Crippen LogP contribution in [0, 0.1) is 40.8 Å². The van der Waals surface area contributed by atoms with Crippen LogP contribution in [0.2, 0.25) is 0 Å². The quantitative estimate of drug-likeness (QED) is 0.134. The maximum Gasteiger partial charge on any atom is 0.472 e. The summed E-state index contributed by atoms with van der Waals surface area (Å²) in [7, 11) is -3.83. The van der Waals surface area contributed by atoms with Crippen LogP contribution in [-0.2, 0) is 13.6 Å². The van der Waals surface area contributed by atoms with Crippen LogP contribution in [0.1, 0.15) is 117 Å². The van der Waals surface area contributed by atoms with Crippen molar-refractivity contribution >= 4 is 7.82 Å². The van der Waals surface area contributed by atoms with E-state index < -0.39 is 7.82 Å². The maximum atomic E-state index is 11.7. The van der Waals surface area contributed by atoms with Gasteiger partial charge in [0.25, 0.3) is 0 Å². The Labute approximate surface area is 195 Å². The smallest absolute Gasteiger partial charge is 0.302 e. The summed E-state index contributed by atoms with van der Waals surface area (Å²) >= 11 is 0. The van der Waals surface area contributed by atoms with E-state index in [0.717, 1.165) is 25.7 Å². The van der Waals surface area contributed by atoms with E-state index in [4.69, 9.17) is 9.05 Å². The molecule has 0 saturated heterocycles. The molecule has 0 aromatic heterocycles. The van der Waals surface area contributed by atoms with Crippen molar-refractivity contribution in [3.05, 3.63) is 0 Å². The molecule has 1 N–H and O–H groups in total. The van der Waals surface area contributed by atoms with Crippen LogP contribution in [0.25, 0.3) is 0 Å². The third-order valence-corrected chi connectivity index (χ3v) is 5.52. The van der Waals surface area contributed by atoms with Gasteiger partial charge in [0.15, 0.2) is 0 Å². The minimum absolute atomic E-state index is 0. The summed E-state index contributed by atoms with van der Waals surface area (Å²) in [4.78, 5) is 9.63. The zero-order valence-corrected chi connectivity index (χ0v) is 21.4. The molecule has 26 heavy (non-hydrogen) atoms. The summed E-state index contributed by atoms with van der Waals surface area (Å²) < 4.78 is 21.8. The molecule has 0 amide bonds. The molecule has 0 aliphatic rings. The van der Waals surface area contributed by atoms with Gasteiger partial charge in [-0.15, -0.1) is 0 Å². The zero-order chi connectivity index (χ0) is 18.6. The number of unbranched alkanes of at least 4 members (excludes halogenated alkanes) is 14. The molecule has 0 aromatic carbocycles. The Morgan fingerprint density at radius 2 is 0.846 bits per heavy atom. The van der Waals surface area contributed by atoms with Crippen molar-refractivity contribution in [2.75, 3.05) is 13.2 Å². The van der Waals surface area contributed by atoms with Gasteiger partial charge in [0.1, 0.15) is 0 Å². The molecule has 0 bridgehead atoms. The van der Waals surface area contributed by atoms with E-state index in [9.17, 15) is 9.46 Å². The Morgan fingerprint density at radius 1 is 0.577 bits per heavy atom. The van der Waals surface area contributed by atoms with Gasteiger partial charge >= 0.3 is 7.82 Å². The minimum atomic E-state index is -3.83. The molecular formula is C20H43NdO4P. The van der Waals surface area contributed by atoms with Gasteiger partial charge in [-0.3, -0.25) is 9.05 Å².